The van der Waals surface area contributed by atoms with Gasteiger partial charge in [0.1, 0.15) is 5.75 Å². The molecule has 1 aliphatic heterocycles. The summed E-state index contributed by atoms with van der Waals surface area (Å²) in [6, 6.07) is 13.7. The number of hydrogen-bond donors (Lipinski definition) is 1. The molecule has 0 atom stereocenters. The molecular weight excluding hydrogens is 444 g/mol. The van der Waals surface area contributed by atoms with Crippen LogP contribution in [0.2, 0.25) is 0 Å². The Morgan fingerprint density at radius 1 is 1.03 bits per heavy atom. The summed E-state index contributed by atoms with van der Waals surface area (Å²) >= 11 is 0. The topological polar surface area (TPSA) is 99.3 Å². The van der Waals surface area contributed by atoms with E-state index in [4.69, 9.17) is 4.74 Å². The van der Waals surface area contributed by atoms with Gasteiger partial charge in [-0.1, -0.05) is 18.2 Å². The molecule has 3 rings (SSSR count). The van der Waals surface area contributed by atoms with Crippen LogP contribution < -0.4 is 10.1 Å². The van der Waals surface area contributed by atoms with Crippen LogP contribution >= 0.6 is 0 Å². The number of piperazine rings is 1. The van der Waals surface area contributed by atoms with Crippen LogP contribution in [-0.4, -0.2) is 88.3 Å². The number of rotatable bonds is 8. The molecule has 10 heteroatoms. The number of nitrogens with one attached hydrogen (secondary N) is 1. The second kappa shape index (κ2) is 10.8. The summed E-state index contributed by atoms with van der Waals surface area (Å²) in [6.07, 6.45) is 0. The molecule has 1 N–H and O–H groups in total. The summed E-state index contributed by atoms with van der Waals surface area (Å²) in [5, 5.41) is 2.60. The molecule has 0 bridgehead atoms. The van der Waals surface area contributed by atoms with Crippen molar-refractivity contribution in [2.45, 2.75) is 11.4 Å². The summed E-state index contributed by atoms with van der Waals surface area (Å²) in [5.74, 6) is 0.170. The predicted octanol–water partition coefficient (Wildman–Crippen LogP) is 1.02. The van der Waals surface area contributed by atoms with Gasteiger partial charge in [-0.05, 0) is 35.9 Å². The van der Waals surface area contributed by atoms with Gasteiger partial charge in [0, 0.05) is 52.4 Å². The minimum Gasteiger partial charge on any atom is -0.497 e. The monoisotopic (exact) mass is 474 g/mol. The number of sulfonamides is 1. The zero-order valence-electron chi connectivity index (χ0n) is 19.2. The molecule has 0 aromatic heterocycles. The lowest BCUT2D eigenvalue weighted by Crippen LogP contribution is -2.50. The van der Waals surface area contributed by atoms with Crippen LogP contribution in [0.5, 0.6) is 5.75 Å². The molecule has 0 unspecified atom stereocenters. The number of carbonyl (C=O) groups excluding carboxylic acids is 2. The molecule has 9 nitrogen and oxygen atoms in total. The zero-order chi connectivity index (χ0) is 24.0. The first-order chi connectivity index (χ1) is 15.7. The smallest absolute Gasteiger partial charge is 0.251 e. The van der Waals surface area contributed by atoms with Gasteiger partial charge >= 0.3 is 0 Å². The molecule has 0 radical (unpaired) electrons. The Morgan fingerprint density at radius 3 is 2.30 bits per heavy atom. The van der Waals surface area contributed by atoms with E-state index in [1.165, 1.54) is 43.9 Å². The van der Waals surface area contributed by atoms with Crippen LogP contribution in [-0.2, 0) is 21.4 Å². The molecule has 2 amide bonds. The average Bonchev–Trinajstić information content (AvgIpc) is 2.83. The van der Waals surface area contributed by atoms with Gasteiger partial charge in [0.15, 0.2) is 0 Å². The number of carbonyl (C=O) groups is 2. The second-order valence-electron chi connectivity index (χ2n) is 8.00. The summed E-state index contributed by atoms with van der Waals surface area (Å²) in [7, 11) is 0.850. The molecule has 1 heterocycles. The maximum absolute atomic E-state index is 12.6. The standard InChI is InChI=1S/C23H30N4O5S/c1-25(2)33(30,31)21-6-4-5-19(15-21)23(29)24-16-22(28)27-13-11-26(12-14-27)17-18-7-9-20(32-3)10-8-18/h4-10,15H,11-14,16-17H2,1-3H3,(H,24,29). The molecule has 1 fully saturated rings. The van der Waals surface area contributed by atoms with Crippen molar-refractivity contribution in [2.75, 3.05) is 53.9 Å². The van der Waals surface area contributed by atoms with Crippen LogP contribution in [0.15, 0.2) is 53.4 Å². The summed E-state index contributed by atoms with van der Waals surface area (Å²) in [5.41, 5.74) is 1.37. The Kier molecular flexibility index (Phi) is 8.06. The summed E-state index contributed by atoms with van der Waals surface area (Å²) < 4.78 is 30.8. The zero-order valence-corrected chi connectivity index (χ0v) is 20.0. The Balaban J connectivity index is 1.48. The second-order valence-corrected chi connectivity index (χ2v) is 10.2. The fraction of sp³-hybridized carbons (Fsp3) is 0.391. The highest BCUT2D eigenvalue weighted by atomic mass is 32.2. The molecule has 1 saturated heterocycles. The molecule has 2 aromatic carbocycles. The van der Waals surface area contributed by atoms with Crippen LogP contribution in [0.25, 0.3) is 0 Å². The Labute approximate surface area is 195 Å². The van der Waals surface area contributed by atoms with Crippen molar-refractivity contribution >= 4 is 21.8 Å². The van der Waals surface area contributed by atoms with Gasteiger partial charge in [-0.2, -0.15) is 0 Å². The summed E-state index contributed by atoms with van der Waals surface area (Å²) in [6.45, 7) is 3.33. The van der Waals surface area contributed by atoms with Crippen LogP contribution in [0.1, 0.15) is 15.9 Å². The first-order valence-electron chi connectivity index (χ1n) is 10.6. The predicted molar refractivity (Wildman–Crippen MR) is 124 cm³/mol. The van der Waals surface area contributed by atoms with Crippen LogP contribution in [0.4, 0.5) is 0 Å². The van der Waals surface area contributed by atoms with Gasteiger partial charge < -0.3 is 15.0 Å². The third-order valence-electron chi connectivity index (χ3n) is 5.57. The van der Waals surface area contributed by atoms with Crippen molar-refractivity contribution in [2.24, 2.45) is 0 Å². The minimum absolute atomic E-state index is 0.0273. The molecule has 33 heavy (non-hydrogen) atoms. The highest BCUT2D eigenvalue weighted by Crippen LogP contribution is 2.16. The van der Waals surface area contributed by atoms with Crippen molar-refractivity contribution in [3.8, 4) is 5.75 Å². The number of nitrogens with zero attached hydrogens (tertiary/aromatic N) is 3. The van der Waals surface area contributed by atoms with E-state index < -0.39 is 15.9 Å². The normalized spacial score (nSPS) is 14.8. The highest BCUT2D eigenvalue weighted by Gasteiger charge is 2.22. The van der Waals surface area contributed by atoms with Crippen molar-refractivity contribution in [3.05, 3.63) is 59.7 Å². The number of benzene rings is 2. The van der Waals surface area contributed by atoms with Crippen molar-refractivity contribution in [1.82, 2.24) is 19.4 Å². The van der Waals surface area contributed by atoms with Crippen LogP contribution in [0.3, 0.4) is 0 Å². The van der Waals surface area contributed by atoms with Gasteiger partial charge in [-0.15, -0.1) is 0 Å². The molecule has 178 valence electrons. The number of methoxy groups -OCH3 is 1. The van der Waals surface area contributed by atoms with E-state index in [9.17, 15) is 18.0 Å². The van der Waals surface area contributed by atoms with Crippen LogP contribution in [0, 0.1) is 0 Å². The average molecular weight is 475 g/mol. The Bertz CT molecular complexity index is 1080. The Hall–Kier alpha value is -2.95. The Morgan fingerprint density at radius 2 is 1.70 bits per heavy atom. The lowest BCUT2D eigenvalue weighted by Gasteiger charge is -2.34. The molecule has 0 saturated carbocycles. The van der Waals surface area contributed by atoms with E-state index in [1.54, 1.807) is 12.0 Å². The van der Waals surface area contributed by atoms with Crippen molar-refractivity contribution in [3.63, 3.8) is 0 Å². The van der Waals surface area contributed by atoms with E-state index >= 15 is 0 Å². The maximum atomic E-state index is 12.6. The maximum Gasteiger partial charge on any atom is 0.251 e. The van der Waals surface area contributed by atoms with Gasteiger partial charge in [0.2, 0.25) is 15.9 Å². The number of amides is 2. The highest BCUT2D eigenvalue weighted by molar-refractivity contribution is 7.89. The summed E-state index contributed by atoms with van der Waals surface area (Å²) in [4.78, 5) is 29.1. The fourth-order valence-electron chi connectivity index (χ4n) is 3.52. The molecule has 0 aliphatic carbocycles. The minimum atomic E-state index is -3.65. The van der Waals surface area contributed by atoms with E-state index in [0.717, 1.165) is 29.7 Å². The van der Waals surface area contributed by atoms with Gasteiger partial charge in [0.05, 0.1) is 18.6 Å². The van der Waals surface area contributed by atoms with E-state index in [2.05, 4.69) is 10.2 Å². The number of hydrogen-bond acceptors (Lipinski definition) is 6. The molecule has 2 aromatic rings. The van der Waals surface area contributed by atoms with E-state index in [1.807, 2.05) is 24.3 Å². The van der Waals surface area contributed by atoms with Crippen molar-refractivity contribution in [1.29, 1.82) is 0 Å². The molecule has 1 aliphatic rings. The third kappa shape index (κ3) is 6.31. The first kappa shape index (κ1) is 24.7. The fourth-order valence-corrected chi connectivity index (χ4v) is 4.47. The lowest BCUT2D eigenvalue weighted by atomic mass is 10.2. The number of ether oxygens (including phenoxy) is 1. The lowest BCUT2D eigenvalue weighted by molar-refractivity contribution is -0.131. The van der Waals surface area contributed by atoms with E-state index in [-0.39, 0.29) is 22.9 Å². The van der Waals surface area contributed by atoms with Crippen molar-refractivity contribution < 1.29 is 22.7 Å². The first-order valence-corrected chi connectivity index (χ1v) is 12.1. The molecular formula is C23H30N4O5S. The van der Waals surface area contributed by atoms with Gasteiger partial charge in [-0.25, -0.2) is 12.7 Å². The third-order valence-corrected chi connectivity index (χ3v) is 7.38. The largest absolute Gasteiger partial charge is 0.497 e. The SMILES string of the molecule is COc1ccc(CN2CCN(C(=O)CNC(=O)c3cccc(S(=O)(=O)N(C)C)c3)CC2)cc1. The quantitative estimate of drug-likeness (QED) is 0.613. The van der Waals surface area contributed by atoms with Gasteiger partial charge in [-0.3, -0.25) is 14.5 Å². The van der Waals surface area contributed by atoms with E-state index in [0.29, 0.717) is 13.1 Å². The molecule has 0 spiro atoms. The van der Waals surface area contributed by atoms with Gasteiger partial charge in [0.25, 0.3) is 5.91 Å².